The Labute approximate surface area is 99.1 Å². The van der Waals surface area contributed by atoms with Crippen molar-refractivity contribution in [3.63, 3.8) is 0 Å². The van der Waals surface area contributed by atoms with Gasteiger partial charge in [-0.05, 0) is 29.2 Å². The Balaban J connectivity index is 1.95. The Morgan fingerprint density at radius 3 is 2.62 bits per heavy atom. The molecule has 0 N–H and O–H groups in total. The van der Waals surface area contributed by atoms with Crippen molar-refractivity contribution in [2.45, 2.75) is 6.42 Å². The first-order chi connectivity index (χ1) is 7.84. The first-order valence-electron chi connectivity index (χ1n) is 5.13. The average Bonchev–Trinajstić information content (AvgIpc) is 2.81. The number of allylic oxidation sites excluding steroid dienone is 1. The maximum atomic E-state index is 11.6. The molecular formula is C14H12OS. The smallest absolute Gasteiger partial charge is 0.160 e. The van der Waals surface area contributed by atoms with E-state index in [1.807, 2.05) is 53.9 Å². The molecule has 2 rings (SSSR count). The zero-order chi connectivity index (χ0) is 11.2. The Morgan fingerprint density at radius 1 is 1.12 bits per heavy atom. The van der Waals surface area contributed by atoms with Gasteiger partial charge in [0.2, 0.25) is 0 Å². The van der Waals surface area contributed by atoms with Crippen LogP contribution in [0.25, 0.3) is 6.08 Å². The fourth-order valence-corrected chi connectivity index (χ4v) is 2.04. The topological polar surface area (TPSA) is 17.1 Å². The monoisotopic (exact) mass is 228 g/mol. The third-order valence-corrected chi connectivity index (χ3v) is 3.04. The molecule has 1 aromatic carbocycles. The van der Waals surface area contributed by atoms with E-state index in [9.17, 15) is 4.79 Å². The Morgan fingerprint density at radius 2 is 1.94 bits per heavy atom. The molecule has 0 radical (unpaired) electrons. The van der Waals surface area contributed by atoms with E-state index in [1.54, 1.807) is 17.4 Å². The van der Waals surface area contributed by atoms with E-state index < -0.39 is 0 Å². The largest absolute Gasteiger partial charge is 0.294 e. The van der Waals surface area contributed by atoms with Gasteiger partial charge >= 0.3 is 0 Å². The quantitative estimate of drug-likeness (QED) is 0.731. The Hall–Kier alpha value is -1.67. The number of hydrogen-bond acceptors (Lipinski definition) is 2. The van der Waals surface area contributed by atoms with E-state index in [0.29, 0.717) is 6.42 Å². The standard InChI is InChI=1S/C14H12OS/c15-13(8-9-14-7-4-10-16-14)11-12-5-2-1-3-6-12/h1-10H,11H2/b9-8+. The maximum absolute atomic E-state index is 11.6. The predicted octanol–water partition coefficient (Wildman–Crippen LogP) is 3.57. The molecule has 0 aliphatic heterocycles. The van der Waals surface area contributed by atoms with Gasteiger partial charge in [-0.15, -0.1) is 11.3 Å². The molecule has 0 fully saturated rings. The highest BCUT2D eigenvalue weighted by Gasteiger charge is 1.98. The van der Waals surface area contributed by atoms with Gasteiger partial charge in [-0.3, -0.25) is 4.79 Å². The van der Waals surface area contributed by atoms with Crippen molar-refractivity contribution in [1.29, 1.82) is 0 Å². The van der Waals surface area contributed by atoms with Crippen molar-refractivity contribution < 1.29 is 4.79 Å². The van der Waals surface area contributed by atoms with Crippen LogP contribution in [0.5, 0.6) is 0 Å². The molecule has 80 valence electrons. The van der Waals surface area contributed by atoms with Crippen LogP contribution in [-0.2, 0) is 11.2 Å². The minimum atomic E-state index is 0.139. The molecule has 2 heteroatoms. The number of hydrogen-bond donors (Lipinski definition) is 0. The number of carbonyl (C=O) groups is 1. The maximum Gasteiger partial charge on any atom is 0.160 e. The number of thiophene rings is 1. The van der Waals surface area contributed by atoms with Crippen molar-refractivity contribution in [1.82, 2.24) is 0 Å². The van der Waals surface area contributed by atoms with Gasteiger partial charge in [0.15, 0.2) is 5.78 Å². The predicted molar refractivity (Wildman–Crippen MR) is 68.5 cm³/mol. The highest BCUT2D eigenvalue weighted by atomic mass is 32.1. The van der Waals surface area contributed by atoms with E-state index >= 15 is 0 Å². The summed E-state index contributed by atoms with van der Waals surface area (Å²) in [5.74, 6) is 0.139. The van der Waals surface area contributed by atoms with E-state index in [4.69, 9.17) is 0 Å². The van der Waals surface area contributed by atoms with Crippen LogP contribution in [0.1, 0.15) is 10.4 Å². The van der Waals surface area contributed by atoms with Crippen LogP contribution < -0.4 is 0 Å². The van der Waals surface area contributed by atoms with Gasteiger partial charge in [0.1, 0.15) is 0 Å². The molecule has 0 atom stereocenters. The molecule has 16 heavy (non-hydrogen) atoms. The lowest BCUT2D eigenvalue weighted by atomic mass is 10.1. The summed E-state index contributed by atoms with van der Waals surface area (Å²) >= 11 is 1.63. The first kappa shape index (κ1) is 10.8. The summed E-state index contributed by atoms with van der Waals surface area (Å²) < 4.78 is 0. The molecule has 0 saturated carbocycles. The molecule has 1 nitrogen and oxygen atoms in total. The summed E-state index contributed by atoms with van der Waals surface area (Å²) in [6.07, 6.45) is 4.00. The minimum Gasteiger partial charge on any atom is -0.294 e. The average molecular weight is 228 g/mol. The van der Waals surface area contributed by atoms with Crippen LogP contribution in [0, 0.1) is 0 Å². The van der Waals surface area contributed by atoms with Gasteiger partial charge in [0, 0.05) is 11.3 Å². The Kier molecular flexibility index (Phi) is 3.67. The van der Waals surface area contributed by atoms with Gasteiger partial charge < -0.3 is 0 Å². The third-order valence-electron chi connectivity index (χ3n) is 2.20. The summed E-state index contributed by atoms with van der Waals surface area (Å²) in [5, 5.41) is 2.00. The van der Waals surface area contributed by atoms with Crippen molar-refractivity contribution in [3.8, 4) is 0 Å². The second kappa shape index (κ2) is 5.42. The second-order valence-electron chi connectivity index (χ2n) is 3.48. The fraction of sp³-hybridized carbons (Fsp3) is 0.0714. The summed E-state index contributed by atoms with van der Waals surface area (Å²) in [6.45, 7) is 0. The van der Waals surface area contributed by atoms with Crippen molar-refractivity contribution in [2.24, 2.45) is 0 Å². The fourth-order valence-electron chi connectivity index (χ4n) is 1.42. The molecular weight excluding hydrogens is 216 g/mol. The van der Waals surface area contributed by atoms with Gasteiger partial charge in [-0.1, -0.05) is 36.4 Å². The van der Waals surface area contributed by atoms with E-state index in [1.165, 1.54) is 0 Å². The van der Waals surface area contributed by atoms with Crippen molar-refractivity contribution in [2.75, 3.05) is 0 Å². The molecule has 1 heterocycles. The lowest BCUT2D eigenvalue weighted by molar-refractivity contribution is -0.113. The van der Waals surface area contributed by atoms with Gasteiger partial charge in [-0.25, -0.2) is 0 Å². The van der Waals surface area contributed by atoms with Gasteiger partial charge in [-0.2, -0.15) is 0 Å². The molecule has 0 bridgehead atoms. The van der Waals surface area contributed by atoms with Crippen molar-refractivity contribution in [3.05, 3.63) is 64.4 Å². The lowest BCUT2D eigenvalue weighted by Crippen LogP contribution is -1.97. The molecule has 1 aromatic heterocycles. The van der Waals surface area contributed by atoms with Crippen LogP contribution in [0.3, 0.4) is 0 Å². The third kappa shape index (κ3) is 3.17. The molecule has 0 spiro atoms. The van der Waals surface area contributed by atoms with Crippen LogP contribution in [0.15, 0.2) is 53.9 Å². The molecule has 0 unspecified atom stereocenters. The van der Waals surface area contributed by atoms with Crippen LogP contribution in [0.4, 0.5) is 0 Å². The number of benzene rings is 1. The van der Waals surface area contributed by atoms with Crippen molar-refractivity contribution >= 4 is 23.2 Å². The number of carbonyl (C=O) groups excluding carboxylic acids is 1. The van der Waals surface area contributed by atoms with E-state index in [-0.39, 0.29) is 5.78 Å². The Bertz CT molecular complexity index is 469. The molecule has 0 aliphatic rings. The molecule has 0 saturated heterocycles. The number of ketones is 1. The summed E-state index contributed by atoms with van der Waals surface area (Å²) in [5.41, 5.74) is 1.06. The van der Waals surface area contributed by atoms with Crippen LogP contribution in [-0.4, -0.2) is 5.78 Å². The summed E-state index contributed by atoms with van der Waals surface area (Å²) in [7, 11) is 0. The first-order valence-corrected chi connectivity index (χ1v) is 6.01. The van der Waals surface area contributed by atoms with Crippen LogP contribution in [0.2, 0.25) is 0 Å². The normalized spacial score (nSPS) is 10.8. The number of rotatable bonds is 4. The highest BCUT2D eigenvalue weighted by molar-refractivity contribution is 7.10. The van der Waals surface area contributed by atoms with E-state index in [0.717, 1.165) is 10.4 Å². The summed E-state index contributed by atoms with van der Waals surface area (Å²) in [6, 6.07) is 13.8. The second-order valence-corrected chi connectivity index (χ2v) is 4.46. The van der Waals surface area contributed by atoms with Gasteiger partial charge in [0.05, 0.1) is 0 Å². The summed E-state index contributed by atoms with van der Waals surface area (Å²) in [4.78, 5) is 12.7. The highest BCUT2D eigenvalue weighted by Crippen LogP contribution is 2.10. The zero-order valence-corrected chi connectivity index (χ0v) is 9.61. The van der Waals surface area contributed by atoms with Gasteiger partial charge in [0.25, 0.3) is 0 Å². The molecule has 0 aliphatic carbocycles. The molecule has 0 amide bonds. The lowest BCUT2D eigenvalue weighted by Gasteiger charge is -1.95. The SMILES string of the molecule is O=C(/C=C/c1cccs1)Cc1ccccc1. The molecule has 2 aromatic rings. The van der Waals surface area contributed by atoms with Crippen LogP contribution >= 0.6 is 11.3 Å². The minimum absolute atomic E-state index is 0.139. The van der Waals surface area contributed by atoms with E-state index in [2.05, 4.69) is 0 Å². The zero-order valence-electron chi connectivity index (χ0n) is 8.80.